The molecule has 0 aliphatic carbocycles. The van der Waals surface area contributed by atoms with Gasteiger partial charge in [0, 0.05) is 44.8 Å². The minimum Gasteiger partial charge on any atom is -0.505 e. The molecule has 1 aliphatic rings. The second kappa shape index (κ2) is 8.89. The van der Waals surface area contributed by atoms with Gasteiger partial charge in [0.05, 0.1) is 16.8 Å². The second-order valence-electron chi connectivity index (χ2n) is 6.77. The highest BCUT2D eigenvalue weighted by Crippen LogP contribution is 2.35. The minimum atomic E-state index is -0.342. The monoisotopic (exact) mass is 381 g/mol. The summed E-state index contributed by atoms with van der Waals surface area (Å²) >= 11 is 0. The second-order valence-corrected chi connectivity index (χ2v) is 6.77. The van der Waals surface area contributed by atoms with Gasteiger partial charge in [-0.25, -0.2) is 0 Å². The highest BCUT2D eigenvalue weighted by molar-refractivity contribution is 6.17. The van der Waals surface area contributed by atoms with E-state index in [1.807, 2.05) is 24.8 Å². The Kier molecular flexibility index (Phi) is 6.31. The summed E-state index contributed by atoms with van der Waals surface area (Å²) < 4.78 is 0. The Hall–Kier alpha value is -2.86. The lowest BCUT2D eigenvalue weighted by Crippen LogP contribution is -2.46. The van der Waals surface area contributed by atoms with E-state index in [2.05, 4.69) is 5.32 Å². The van der Waals surface area contributed by atoms with E-state index >= 15 is 0 Å². The molecule has 6 heteroatoms. The van der Waals surface area contributed by atoms with Crippen molar-refractivity contribution in [2.75, 3.05) is 44.2 Å². The standard InChI is InChI=1S/C22H27N3O3/c1-3-24(4-2)18-11-10-17(22(28)25-14-12-23-13-15-25)19(21(18)27)20(26)16-8-6-5-7-9-16/h5-11,23,27H,3-4,12-15H2,1-2H3. The summed E-state index contributed by atoms with van der Waals surface area (Å²) in [6.07, 6.45) is 0. The van der Waals surface area contributed by atoms with Gasteiger partial charge in [0.25, 0.3) is 5.91 Å². The fraction of sp³-hybridized carbons (Fsp3) is 0.364. The van der Waals surface area contributed by atoms with E-state index in [0.29, 0.717) is 37.4 Å². The van der Waals surface area contributed by atoms with Crippen molar-refractivity contribution >= 4 is 17.4 Å². The number of benzene rings is 2. The van der Waals surface area contributed by atoms with Gasteiger partial charge in [-0.15, -0.1) is 0 Å². The summed E-state index contributed by atoms with van der Waals surface area (Å²) in [7, 11) is 0. The van der Waals surface area contributed by atoms with Crippen LogP contribution in [0, 0.1) is 0 Å². The van der Waals surface area contributed by atoms with E-state index in [1.54, 1.807) is 41.3 Å². The summed E-state index contributed by atoms with van der Waals surface area (Å²) in [6, 6.07) is 12.2. The van der Waals surface area contributed by atoms with Crippen LogP contribution in [0.15, 0.2) is 42.5 Å². The summed E-state index contributed by atoms with van der Waals surface area (Å²) in [5, 5.41) is 14.3. The number of phenolic OH excluding ortho intramolecular Hbond substituents is 1. The van der Waals surface area contributed by atoms with Crippen LogP contribution >= 0.6 is 0 Å². The van der Waals surface area contributed by atoms with Crippen molar-refractivity contribution in [2.24, 2.45) is 0 Å². The minimum absolute atomic E-state index is 0.0825. The molecule has 0 bridgehead atoms. The van der Waals surface area contributed by atoms with Crippen LogP contribution in [0.2, 0.25) is 0 Å². The summed E-state index contributed by atoms with van der Waals surface area (Å²) in [5.74, 6) is -0.689. The molecular weight excluding hydrogens is 354 g/mol. The Morgan fingerprint density at radius 2 is 1.68 bits per heavy atom. The number of carbonyl (C=O) groups excluding carboxylic acids is 2. The molecule has 1 heterocycles. The lowest BCUT2D eigenvalue weighted by Gasteiger charge is -2.29. The van der Waals surface area contributed by atoms with E-state index in [0.717, 1.165) is 13.1 Å². The lowest BCUT2D eigenvalue weighted by molar-refractivity contribution is 0.0731. The predicted octanol–water partition coefficient (Wildman–Crippen LogP) is 2.51. The Morgan fingerprint density at radius 3 is 2.29 bits per heavy atom. The molecule has 2 N–H and O–H groups in total. The zero-order chi connectivity index (χ0) is 20.1. The van der Waals surface area contributed by atoms with E-state index in [4.69, 9.17) is 0 Å². The maximum atomic E-state index is 13.3. The Morgan fingerprint density at radius 1 is 1.04 bits per heavy atom. The first-order valence-electron chi connectivity index (χ1n) is 9.79. The van der Waals surface area contributed by atoms with Crippen molar-refractivity contribution < 1.29 is 14.7 Å². The molecule has 1 aliphatic heterocycles. The first-order chi connectivity index (χ1) is 13.6. The smallest absolute Gasteiger partial charge is 0.254 e. The molecule has 0 radical (unpaired) electrons. The molecule has 148 valence electrons. The van der Waals surface area contributed by atoms with Gasteiger partial charge < -0.3 is 20.2 Å². The zero-order valence-corrected chi connectivity index (χ0v) is 16.4. The molecule has 0 saturated carbocycles. The SMILES string of the molecule is CCN(CC)c1ccc(C(=O)N2CCNCC2)c(C(=O)c2ccccc2)c1O. The van der Waals surface area contributed by atoms with Crippen molar-refractivity contribution in [2.45, 2.75) is 13.8 Å². The molecule has 6 nitrogen and oxygen atoms in total. The predicted molar refractivity (Wildman–Crippen MR) is 110 cm³/mol. The lowest BCUT2D eigenvalue weighted by atomic mass is 9.95. The van der Waals surface area contributed by atoms with Crippen LogP contribution in [0.3, 0.4) is 0 Å². The Bertz CT molecular complexity index is 842. The fourth-order valence-corrected chi connectivity index (χ4v) is 3.58. The third-order valence-corrected chi connectivity index (χ3v) is 5.16. The zero-order valence-electron chi connectivity index (χ0n) is 16.4. The Labute approximate surface area is 165 Å². The highest BCUT2D eigenvalue weighted by atomic mass is 16.3. The van der Waals surface area contributed by atoms with Crippen molar-refractivity contribution in [3.05, 3.63) is 59.2 Å². The summed E-state index contributed by atoms with van der Waals surface area (Å²) in [5.41, 5.74) is 1.35. The number of amides is 1. The van der Waals surface area contributed by atoms with Crippen LogP contribution in [0.25, 0.3) is 0 Å². The number of carbonyl (C=O) groups is 2. The summed E-state index contributed by atoms with van der Waals surface area (Å²) in [4.78, 5) is 30.1. The number of ketones is 1. The Balaban J connectivity index is 2.12. The third kappa shape index (κ3) is 3.87. The van der Waals surface area contributed by atoms with Crippen LogP contribution < -0.4 is 10.2 Å². The molecule has 1 amide bonds. The van der Waals surface area contributed by atoms with Crippen LogP contribution in [0.1, 0.15) is 40.1 Å². The average Bonchev–Trinajstić information content (AvgIpc) is 2.75. The maximum absolute atomic E-state index is 13.3. The van der Waals surface area contributed by atoms with Crippen LogP contribution in [0.5, 0.6) is 5.75 Å². The number of aromatic hydroxyl groups is 1. The number of nitrogens with zero attached hydrogens (tertiary/aromatic N) is 2. The number of anilines is 1. The molecular formula is C22H27N3O3. The number of piperazine rings is 1. The normalized spacial score (nSPS) is 14.0. The van der Waals surface area contributed by atoms with Gasteiger partial charge in [-0.05, 0) is 26.0 Å². The molecule has 1 fully saturated rings. The van der Waals surface area contributed by atoms with Gasteiger partial charge in [0.1, 0.15) is 0 Å². The van der Waals surface area contributed by atoms with Gasteiger partial charge in [-0.1, -0.05) is 30.3 Å². The van der Waals surface area contributed by atoms with Crippen molar-refractivity contribution in [3.8, 4) is 5.75 Å². The maximum Gasteiger partial charge on any atom is 0.254 e. The third-order valence-electron chi connectivity index (χ3n) is 5.16. The van der Waals surface area contributed by atoms with Gasteiger partial charge in [0.15, 0.2) is 11.5 Å². The topological polar surface area (TPSA) is 72.9 Å². The van der Waals surface area contributed by atoms with E-state index in [1.165, 1.54) is 0 Å². The van der Waals surface area contributed by atoms with E-state index < -0.39 is 0 Å². The van der Waals surface area contributed by atoms with Gasteiger partial charge in [-0.3, -0.25) is 9.59 Å². The number of nitrogens with one attached hydrogen (secondary N) is 1. The van der Waals surface area contributed by atoms with E-state index in [9.17, 15) is 14.7 Å². The van der Waals surface area contributed by atoms with Crippen molar-refractivity contribution in [1.29, 1.82) is 0 Å². The quantitative estimate of drug-likeness (QED) is 0.753. The molecule has 0 spiro atoms. The molecule has 0 atom stereocenters. The molecule has 0 unspecified atom stereocenters. The van der Waals surface area contributed by atoms with Gasteiger partial charge in [0.2, 0.25) is 0 Å². The van der Waals surface area contributed by atoms with Crippen LogP contribution in [-0.4, -0.2) is 61.0 Å². The first-order valence-corrected chi connectivity index (χ1v) is 9.79. The number of rotatable bonds is 6. The van der Waals surface area contributed by atoms with Gasteiger partial charge in [-0.2, -0.15) is 0 Å². The van der Waals surface area contributed by atoms with E-state index in [-0.39, 0.29) is 28.6 Å². The molecule has 2 aromatic rings. The van der Waals surface area contributed by atoms with Crippen molar-refractivity contribution in [3.63, 3.8) is 0 Å². The number of hydrogen-bond donors (Lipinski definition) is 2. The molecule has 0 aromatic heterocycles. The van der Waals surface area contributed by atoms with Gasteiger partial charge >= 0.3 is 0 Å². The molecule has 3 rings (SSSR count). The average molecular weight is 381 g/mol. The summed E-state index contributed by atoms with van der Waals surface area (Å²) in [6.45, 7) is 7.95. The van der Waals surface area contributed by atoms with Crippen LogP contribution in [0.4, 0.5) is 5.69 Å². The van der Waals surface area contributed by atoms with Crippen molar-refractivity contribution in [1.82, 2.24) is 10.2 Å². The molecule has 28 heavy (non-hydrogen) atoms. The molecule has 2 aromatic carbocycles. The first kappa shape index (κ1) is 19.9. The number of phenols is 1. The molecule has 1 saturated heterocycles. The fourth-order valence-electron chi connectivity index (χ4n) is 3.58. The highest BCUT2D eigenvalue weighted by Gasteiger charge is 2.28. The van der Waals surface area contributed by atoms with Crippen LogP contribution in [-0.2, 0) is 0 Å². The number of hydrogen-bond acceptors (Lipinski definition) is 5. The largest absolute Gasteiger partial charge is 0.505 e.